The van der Waals surface area contributed by atoms with Gasteiger partial charge < -0.3 is 15.0 Å². The smallest absolute Gasteiger partial charge is 0.251 e. The van der Waals surface area contributed by atoms with Gasteiger partial charge in [0, 0.05) is 32.2 Å². The molecule has 0 aromatic heterocycles. The molecule has 2 saturated heterocycles. The molecular weight excluding hydrogens is 316 g/mol. The first-order chi connectivity index (χ1) is 12.2. The van der Waals surface area contributed by atoms with Gasteiger partial charge in [-0.1, -0.05) is 30.3 Å². The Hall–Kier alpha value is -1.88. The van der Waals surface area contributed by atoms with Gasteiger partial charge in [0.2, 0.25) is 5.91 Å². The summed E-state index contributed by atoms with van der Waals surface area (Å²) in [7, 11) is 0. The van der Waals surface area contributed by atoms with Gasteiger partial charge in [0.25, 0.3) is 5.91 Å². The van der Waals surface area contributed by atoms with Crippen molar-refractivity contribution in [3.05, 3.63) is 35.9 Å². The predicted molar refractivity (Wildman–Crippen MR) is 96.1 cm³/mol. The van der Waals surface area contributed by atoms with Crippen molar-refractivity contribution in [1.82, 2.24) is 10.2 Å². The molecule has 2 aliphatic rings. The maximum atomic E-state index is 12.5. The predicted octanol–water partition coefficient (Wildman–Crippen LogP) is 2.15. The molecule has 1 aromatic carbocycles. The zero-order valence-corrected chi connectivity index (χ0v) is 14.8. The second-order valence-corrected chi connectivity index (χ2v) is 6.98. The topological polar surface area (TPSA) is 58.6 Å². The molecule has 1 N–H and O–H groups in total. The Morgan fingerprint density at radius 3 is 2.52 bits per heavy atom. The lowest BCUT2D eigenvalue weighted by atomic mass is 9.95. The summed E-state index contributed by atoms with van der Waals surface area (Å²) < 4.78 is 5.59. The fourth-order valence-electron chi connectivity index (χ4n) is 3.62. The third-order valence-corrected chi connectivity index (χ3v) is 5.19. The molecule has 3 rings (SSSR count). The standard InChI is InChI=1S/C20H28N2O3/c23-19(21-12-9-16-6-2-1-3-7-16)17-10-13-22(14-11-17)20(24)18-8-4-5-15-25-18/h1-3,6-7,17-18H,4-5,8-15H2,(H,21,23)/t18-/m1/s1. The van der Waals surface area contributed by atoms with Gasteiger partial charge in [-0.2, -0.15) is 0 Å². The molecule has 0 radical (unpaired) electrons. The average molecular weight is 344 g/mol. The number of ether oxygens (including phenoxy) is 1. The molecule has 0 bridgehead atoms. The van der Waals surface area contributed by atoms with E-state index < -0.39 is 0 Å². The number of nitrogens with one attached hydrogen (secondary N) is 1. The van der Waals surface area contributed by atoms with Crippen molar-refractivity contribution in [1.29, 1.82) is 0 Å². The van der Waals surface area contributed by atoms with Gasteiger partial charge in [-0.25, -0.2) is 0 Å². The third-order valence-electron chi connectivity index (χ3n) is 5.19. The quantitative estimate of drug-likeness (QED) is 0.890. The number of piperidine rings is 1. The van der Waals surface area contributed by atoms with E-state index in [9.17, 15) is 9.59 Å². The minimum atomic E-state index is -0.259. The van der Waals surface area contributed by atoms with Crippen LogP contribution < -0.4 is 5.32 Å². The van der Waals surface area contributed by atoms with Crippen LogP contribution in [0.2, 0.25) is 0 Å². The fraction of sp³-hybridized carbons (Fsp3) is 0.600. The first kappa shape index (κ1) is 17.9. The van der Waals surface area contributed by atoms with Crippen LogP contribution in [0.3, 0.4) is 0 Å². The molecule has 1 atom stereocenters. The molecule has 2 amide bonds. The van der Waals surface area contributed by atoms with Gasteiger partial charge in [-0.3, -0.25) is 9.59 Å². The number of carbonyl (C=O) groups excluding carboxylic acids is 2. The minimum Gasteiger partial charge on any atom is -0.368 e. The van der Waals surface area contributed by atoms with Crippen molar-refractivity contribution in [2.24, 2.45) is 5.92 Å². The number of rotatable bonds is 5. The summed E-state index contributed by atoms with van der Waals surface area (Å²) in [6.07, 6.45) is 5.03. The Kier molecular flexibility index (Phi) is 6.45. The number of likely N-dealkylation sites (tertiary alicyclic amines) is 1. The van der Waals surface area contributed by atoms with Gasteiger partial charge >= 0.3 is 0 Å². The van der Waals surface area contributed by atoms with Crippen molar-refractivity contribution in [2.45, 2.75) is 44.6 Å². The van der Waals surface area contributed by atoms with E-state index in [0.717, 1.165) is 38.5 Å². The van der Waals surface area contributed by atoms with Crippen molar-refractivity contribution >= 4 is 11.8 Å². The number of hydrogen-bond acceptors (Lipinski definition) is 3. The maximum Gasteiger partial charge on any atom is 0.251 e. The van der Waals surface area contributed by atoms with Crippen LogP contribution in [0.25, 0.3) is 0 Å². The number of hydrogen-bond donors (Lipinski definition) is 1. The molecule has 2 aliphatic heterocycles. The average Bonchev–Trinajstić information content (AvgIpc) is 2.69. The zero-order valence-electron chi connectivity index (χ0n) is 14.8. The Morgan fingerprint density at radius 2 is 1.84 bits per heavy atom. The third kappa shape index (κ3) is 5.05. The van der Waals surface area contributed by atoms with Gasteiger partial charge in [-0.15, -0.1) is 0 Å². The van der Waals surface area contributed by atoms with Crippen LogP contribution in [0.4, 0.5) is 0 Å². The largest absolute Gasteiger partial charge is 0.368 e. The molecule has 2 heterocycles. The number of carbonyl (C=O) groups is 2. The van der Waals surface area contributed by atoms with Crippen LogP contribution >= 0.6 is 0 Å². The van der Waals surface area contributed by atoms with Gasteiger partial charge in [0.15, 0.2) is 0 Å². The molecule has 0 saturated carbocycles. The Morgan fingerprint density at radius 1 is 1.08 bits per heavy atom. The van der Waals surface area contributed by atoms with E-state index in [1.807, 2.05) is 23.1 Å². The van der Waals surface area contributed by atoms with Crippen molar-refractivity contribution < 1.29 is 14.3 Å². The normalized spacial score (nSPS) is 21.8. The molecule has 0 aliphatic carbocycles. The van der Waals surface area contributed by atoms with Crippen LogP contribution in [0.1, 0.15) is 37.7 Å². The highest BCUT2D eigenvalue weighted by Crippen LogP contribution is 2.21. The lowest BCUT2D eigenvalue weighted by molar-refractivity contribution is -0.149. The second kappa shape index (κ2) is 8.99. The first-order valence-corrected chi connectivity index (χ1v) is 9.46. The molecule has 136 valence electrons. The lowest BCUT2D eigenvalue weighted by Gasteiger charge is -2.34. The molecule has 5 nitrogen and oxygen atoms in total. The monoisotopic (exact) mass is 344 g/mol. The Labute approximate surface area is 149 Å². The van der Waals surface area contributed by atoms with Crippen LogP contribution in [0, 0.1) is 5.92 Å². The Bertz CT molecular complexity index is 562. The van der Waals surface area contributed by atoms with Crippen LogP contribution in [0.5, 0.6) is 0 Å². The molecule has 0 spiro atoms. The van der Waals surface area contributed by atoms with Gasteiger partial charge in [0.1, 0.15) is 6.10 Å². The van der Waals surface area contributed by atoms with E-state index in [-0.39, 0.29) is 23.8 Å². The van der Waals surface area contributed by atoms with Crippen molar-refractivity contribution in [3.8, 4) is 0 Å². The summed E-state index contributed by atoms with van der Waals surface area (Å²) >= 11 is 0. The number of amides is 2. The number of benzene rings is 1. The van der Waals surface area contributed by atoms with E-state index >= 15 is 0 Å². The molecule has 1 aromatic rings. The van der Waals surface area contributed by atoms with Gasteiger partial charge in [0.05, 0.1) is 0 Å². The highest BCUT2D eigenvalue weighted by Gasteiger charge is 2.31. The Balaban J connectivity index is 1.37. The zero-order chi connectivity index (χ0) is 17.5. The van der Waals surface area contributed by atoms with Crippen LogP contribution in [-0.4, -0.2) is 49.1 Å². The van der Waals surface area contributed by atoms with E-state index in [0.29, 0.717) is 26.2 Å². The summed E-state index contributed by atoms with van der Waals surface area (Å²) in [6, 6.07) is 10.2. The molecule has 2 fully saturated rings. The van der Waals surface area contributed by atoms with E-state index in [1.165, 1.54) is 5.56 Å². The van der Waals surface area contributed by atoms with Crippen molar-refractivity contribution in [3.63, 3.8) is 0 Å². The lowest BCUT2D eigenvalue weighted by Crippen LogP contribution is -2.47. The SMILES string of the molecule is O=C(NCCc1ccccc1)C1CCN(C(=O)[C@H]2CCCCO2)CC1. The van der Waals surface area contributed by atoms with E-state index in [2.05, 4.69) is 17.4 Å². The van der Waals surface area contributed by atoms with Gasteiger partial charge in [-0.05, 0) is 44.1 Å². The minimum absolute atomic E-state index is 0.0205. The molecule has 0 unspecified atom stereocenters. The summed E-state index contributed by atoms with van der Waals surface area (Å²) in [5.41, 5.74) is 1.23. The summed E-state index contributed by atoms with van der Waals surface area (Å²) in [5, 5.41) is 3.04. The van der Waals surface area contributed by atoms with Crippen molar-refractivity contribution in [2.75, 3.05) is 26.2 Å². The number of nitrogens with zero attached hydrogens (tertiary/aromatic N) is 1. The maximum absolute atomic E-state index is 12.5. The second-order valence-electron chi connectivity index (χ2n) is 6.98. The summed E-state index contributed by atoms with van der Waals surface area (Å²) in [5.74, 6) is 0.256. The summed E-state index contributed by atoms with van der Waals surface area (Å²) in [4.78, 5) is 26.7. The highest BCUT2D eigenvalue weighted by molar-refractivity contribution is 5.82. The fourth-order valence-corrected chi connectivity index (χ4v) is 3.62. The molecular formula is C20H28N2O3. The van der Waals surface area contributed by atoms with Crippen LogP contribution in [0.15, 0.2) is 30.3 Å². The van der Waals surface area contributed by atoms with E-state index in [4.69, 9.17) is 4.74 Å². The summed E-state index contributed by atoms with van der Waals surface area (Å²) in [6.45, 7) is 2.68. The highest BCUT2D eigenvalue weighted by atomic mass is 16.5. The van der Waals surface area contributed by atoms with E-state index in [1.54, 1.807) is 0 Å². The molecule has 25 heavy (non-hydrogen) atoms. The van der Waals surface area contributed by atoms with Crippen LogP contribution in [-0.2, 0) is 20.7 Å². The molecule has 5 heteroatoms. The first-order valence-electron chi connectivity index (χ1n) is 9.46.